The van der Waals surface area contributed by atoms with E-state index < -0.39 is 0 Å². The Labute approximate surface area is 155 Å². The number of phenols is 3. The van der Waals surface area contributed by atoms with Crippen molar-refractivity contribution >= 4 is 0 Å². The van der Waals surface area contributed by atoms with E-state index in [0.717, 1.165) is 0 Å². The fraction of sp³-hybridized carbons (Fsp3) is 0. The Hall–Kier alpha value is -1.84. The van der Waals surface area contributed by atoms with E-state index in [-0.39, 0.29) is 32.7 Å². The molecule has 4 heteroatoms. The van der Waals surface area contributed by atoms with Gasteiger partial charge in [-0.3, -0.25) is 0 Å². The van der Waals surface area contributed by atoms with Crippen molar-refractivity contribution in [1.82, 2.24) is 0 Å². The third-order valence-electron chi connectivity index (χ3n) is 2.27. The van der Waals surface area contributed by atoms with Crippen molar-refractivity contribution in [2.75, 3.05) is 0 Å². The van der Waals surface area contributed by atoms with Gasteiger partial charge in [0.1, 0.15) is 17.2 Å². The number of hydrogen-bond acceptors (Lipinski definition) is 3. The third-order valence-corrected chi connectivity index (χ3v) is 2.27. The van der Waals surface area contributed by atoms with Crippen LogP contribution in [0, 0.1) is 0 Å². The smallest absolute Gasteiger partial charge is 0.115 e. The molecule has 3 nitrogen and oxygen atoms in total. The van der Waals surface area contributed by atoms with Crippen LogP contribution in [0.3, 0.4) is 0 Å². The summed E-state index contributed by atoms with van der Waals surface area (Å²) in [4.78, 5) is 0. The zero-order chi connectivity index (χ0) is 15.3. The Morgan fingerprint density at radius 3 is 0.636 bits per heavy atom. The van der Waals surface area contributed by atoms with E-state index >= 15 is 0 Å². The second kappa shape index (κ2) is 12.9. The molecule has 0 aliphatic carbocycles. The first-order valence-corrected chi connectivity index (χ1v) is 6.40. The molecule has 0 fully saturated rings. The number of hydrogen-bond donors (Lipinski definition) is 3. The van der Waals surface area contributed by atoms with E-state index in [1.54, 1.807) is 72.8 Å². The minimum atomic E-state index is 0. The van der Waals surface area contributed by atoms with E-state index in [9.17, 15) is 0 Å². The number of para-hydroxylation sites is 3. The Morgan fingerprint density at radius 1 is 0.364 bits per heavy atom. The molecule has 0 amide bonds. The Morgan fingerprint density at radius 2 is 0.545 bits per heavy atom. The molecule has 0 unspecified atom stereocenters. The summed E-state index contributed by atoms with van der Waals surface area (Å²) in [5.74, 6) is 0.965. The molecular formula is C18H18O3Y. The molecule has 0 aliphatic rings. The van der Waals surface area contributed by atoms with Gasteiger partial charge in [0.15, 0.2) is 0 Å². The fourth-order valence-electron chi connectivity index (χ4n) is 1.28. The molecule has 0 bridgehead atoms. The van der Waals surface area contributed by atoms with Gasteiger partial charge >= 0.3 is 0 Å². The number of phenolic OH excluding ortho intramolecular Hbond substituents is 3. The quantitative estimate of drug-likeness (QED) is 0.556. The summed E-state index contributed by atoms with van der Waals surface area (Å²) in [5, 5.41) is 25.9. The summed E-state index contributed by atoms with van der Waals surface area (Å²) in [6, 6.07) is 26.1. The van der Waals surface area contributed by atoms with E-state index in [4.69, 9.17) is 15.3 Å². The Balaban J connectivity index is 0.000000294. The van der Waals surface area contributed by atoms with Crippen molar-refractivity contribution in [2.45, 2.75) is 0 Å². The van der Waals surface area contributed by atoms with Gasteiger partial charge in [-0.15, -0.1) is 0 Å². The van der Waals surface area contributed by atoms with Crippen LogP contribution in [0.15, 0.2) is 91.0 Å². The molecule has 0 aromatic heterocycles. The van der Waals surface area contributed by atoms with Gasteiger partial charge in [0, 0.05) is 32.7 Å². The number of aromatic hydroxyl groups is 3. The third kappa shape index (κ3) is 10.9. The zero-order valence-electron chi connectivity index (χ0n) is 12.1. The molecule has 1 radical (unpaired) electrons. The topological polar surface area (TPSA) is 60.7 Å². The first-order chi connectivity index (χ1) is 10.2. The summed E-state index contributed by atoms with van der Waals surface area (Å²) in [6.45, 7) is 0. The molecule has 3 rings (SSSR count). The molecule has 3 N–H and O–H groups in total. The monoisotopic (exact) mass is 371 g/mol. The molecule has 3 aromatic rings. The maximum Gasteiger partial charge on any atom is 0.115 e. The summed E-state index contributed by atoms with van der Waals surface area (Å²) >= 11 is 0. The largest absolute Gasteiger partial charge is 0.508 e. The Bertz CT molecular complexity index is 497. The predicted molar refractivity (Wildman–Crippen MR) is 84.3 cm³/mol. The summed E-state index contributed by atoms with van der Waals surface area (Å²) in [5.41, 5.74) is 0. The molecule has 0 atom stereocenters. The van der Waals surface area contributed by atoms with Crippen molar-refractivity contribution in [2.24, 2.45) is 0 Å². The molecule has 3 aromatic carbocycles. The average Bonchev–Trinajstić information content (AvgIpc) is 2.51. The second-order valence-corrected chi connectivity index (χ2v) is 4.01. The average molecular weight is 371 g/mol. The number of rotatable bonds is 0. The number of benzene rings is 3. The summed E-state index contributed by atoms with van der Waals surface area (Å²) < 4.78 is 0. The van der Waals surface area contributed by atoms with Gasteiger partial charge in [0.25, 0.3) is 0 Å². The van der Waals surface area contributed by atoms with Crippen LogP contribution < -0.4 is 0 Å². The van der Waals surface area contributed by atoms with Gasteiger partial charge < -0.3 is 15.3 Å². The predicted octanol–water partition coefficient (Wildman–Crippen LogP) is 4.17. The van der Waals surface area contributed by atoms with Crippen LogP contribution in [0.1, 0.15) is 0 Å². The molecule has 111 valence electrons. The van der Waals surface area contributed by atoms with Gasteiger partial charge in [-0.1, -0.05) is 54.6 Å². The van der Waals surface area contributed by atoms with Crippen molar-refractivity contribution in [1.29, 1.82) is 0 Å². The molecule has 0 aliphatic heterocycles. The minimum absolute atomic E-state index is 0. The summed E-state index contributed by atoms with van der Waals surface area (Å²) in [6.07, 6.45) is 0. The first-order valence-electron chi connectivity index (χ1n) is 6.40. The van der Waals surface area contributed by atoms with Crippen molar-refractivity contribution in [3.8, 4) is 17.2 Å². The van der Waals surface area contributed by atoms with Crippen molar-refractivity contribution in [3.05, 3.63) is 91.0 Å². The minimum Gasteiger partial charge on any atom is -0.508 e. The van der Waals surface area contributed by atoms with Gasteiger partial charge in [-0.2, -0.15) is 0 Å². The molecule has 0 heterocycles. The Kier molecular flexibility index (Phi) is 11.8. The van der Waals surface area contributed by atoms with Gasteiger partial charge in [0.2, 0.25) is 0 Å². The molecule has 22 heavy (non-hydrogen) atoms. The van der Waals surface area contributed by atoms with E-state index in [1.807, 2.05) is 18.2 Å². The van der Waals surface area contributed by atoms with E-state index in [1.165, 1.54) is 0 Å². The van der Waals surface area contributed by atoms with Crippen LogP contribution in [0.2, 0.25) is 0 Å². The van der Waals surface area contributed by atoms with Gasteiger partial charge in [0.05, 0.1) is 0 Å². The maximum atomic E-state index is 8.63. The van der Waals surface area contributed by atoms with Crippen LogP contribution in [-0.2, 0) is 32.7 Å². The molecular weight excluding hydrogens is 353 g/mol. The van der Waals surface area contributed by atoms with Gasteiger partial charge in [-0.25, -0.2) is 0 Å². The van der Waals surface area contributed by atoms with Crippen molar-refractivity contribution < 1.29 is 48.0 Å². The zero-order valence-corrected chi connectivity index (χ0v) is 14.9. The molecule has 0 saturated carbocycles. The SMILES string of the molecule is Oc1ccccc1.Oc1ccccc1.Oc1ccccc1.[Y]. The first kappa shape index (κ1) is 20.2. The standard InChI is InChI=1S/3C6H6O.Y/c3*7-6-4-2-1-3-5-6;/h3*1-5,7H;. The van der Waals surface area contributed by atoms with Crippen LogP contribution in [0.5, 0.6) is 17.2 Å². The van der Waals surface area contributed by atoms with Crippen LogP contribution in [-0.4, -0.2) is 15.3 Å². The van der Waals surface area contributed by atoms with Crippen molar-refractivity contribution in [3.63, 3.8) is 0 Å². The molecule has 0 saturated heterocycles. The van der Waals surface area contributed by atoms with E-state index in [2.05, 4.69) is 0 Å². The fourth-order valence-corrected chi connectivity index (χ4v) is 1.28. The second-order valence-electron chi connectivity index (χ2n) is 4.01. The maximum absolute atomic E-state index is 8.63. The summed E-state index contributed by atoms with van der Waals surface area (Å²) in [7, 11) is 0. The van der Waals surface area contributed by atoms with Gasteiger partial charge in [-0.05, 0) is 36.4 Å². The van der Waals surface area contributed by atoms with Crippen LogP contribution in [0.4, 0.5) is 0 Å². The van der Waals surface area contributed by atoms with E-state index in [0.29, 0.717) is 17.2 Å². The molecule has 0 spiro atoms. The van der Waals surface area contributed by atoms with Crippen LogP contribution >= 0.6 is 0 Å². The normalized spacial score (nSPS) is 8.18. The van der Waals surface area contributed by atoms with Crippen LogP contribution in [0.25, 0.3) is 0 Å².